The fourth-order valence-corrected chi connectivity index (χ4v) is 8.69. The van der Waals surface area contributed by atoms with Crippen LogP contribution < -0.4 is 42.4 Å². The van der Waals surface area contributed by atoms with Gasteiger partial charge in [-0.05, 0) is 25.0 Å². The Kier molecular flexibility index (Phi) is 17.3. The average Bonchev–Trinajstić information content (AvgIpc) is 3.87. The number of ether oxygens (including phenoxy) is 4. The molecule has 26 heteroatoms. The number of halogens is 3. The quantitative estimate of drug-likeness (QED) is 0.0403. The van der Waals surface area contributed by atoms with Crippen molar-refractivity contribution in [2.75, 3.05) is 51.9 Å². The van der Waals surface area contributed by atoms with E-state index in [9.17, 15) is 57.3 Å². The van der Waals surface area contributed by atoms with Gasteiger partial charge < -0.3 is 71.9 Å². The Morgan fingerprint density at radius 2 is 1.73 bits per heavy atom. The van der Waals surface area contributed by atoms with Crippen LogP contribution in [0.5, 0.6) is 5.75 Å². The highest BCUT2D eigenvalue weighted by Crippen LogP contribution is 2.53. The molecule has 5 rings (SSSR count). The van der Waals surface area contributed by atoms with E-state index in [-0.39, 0.29) is 74.9 Å². The molecule has 3 saturated heterocycles. The number of unbranched alkanes of at least 4 members (excludes halogenated alkanes) is 1. The number of carbonyl (C=O) groups is 6. The number of hydrogen-bond donors (Lipinski definition) is 10. The van der Waals surface area contributed by atoms with Crippen LogP contribution in [-0.4, -0.2) is 163 Å². The molecule has 0 aromatic heterocycles. The molecule has 4 aliphatic rings. The standard InChI is InChI=1S/C37H52F3N9O13S/c1-18(51)43-29-31(55)30(54)24(16-50)62-34(29)46-27(53)15-21(32(41)56)44-33(57)20-7-6-19(36(48-49-36)37(38,39)40)14-23(20)61-13-12-60-11-10-59-9-8-42-26(52)5-3-2-4-25-28-22(17-63-25)45-35(58)47-28/h6-7,14,21-22,24-25,28-31,34,50,54-55H,2-5,8-13,15-17H2,1H3,(H2,41,56)(H,42,52)(H,43,51)(H,44,57)(H,46,53)(H2,45,47,58)/t21-,22-,24+,25-,28-,29+,30+,31+,34+/m0/s1. The Hall–Kier alpha value is -4.86. The van der Waals surface area contributed by atoms with E-state index in [4.69, 9.17) is 24.7 Å². The molecule has 0 saturated carbocycles. The first-order valence-corrected chi connectivity index (χ1v) is 21.2. The Labute approximate surface area is 362 Å². The minimum Gasteiger partial charge on any atom is -0.490 e. The lowest BCUT2D eigenvalue weighted by molar-refractivity contribution is -0.203. The first-order valence-electron chi connectivity index (χ1n) is 20.1. The molecule has 4 aliphatic heterocycles. The van der Waals surface area contributed by atoms with Crippen molar-refractivity contribution in [1.82, 2.24) is 31.9 Å². The highest BCUT2D eigenvalue weighted by molar-refractivity contribution is 8.00. The predicted octanol–water partition coefficient (Wildman–Crippen LogP) is -1.84. The number of nitrogens with zero attached hydrogens (tertiary/aromatic N) is 2. The number of carbonyl (C=O) groups excluding carboxylic acids is 6. The molecule has 9 atom stereocenters. The molecule has 11 N–H and O–H groups in total. The number of thioether (sulfide) groups is 1. The number of aliphatic hydroxyl groups excluding tert-OH is 3. The highest BCUT2D eigenvalue weighted by Gasteiger charge is 2.65. The third-order valence-electron chi connectivity index (χ3n) is 10.5. The summed E-state index contributed by atoms with van der Waals surface area (Å²) in [6.07, 6.45) is -9.15. The summed E-state index contributed by atoms with van der Waals surface area (Å²) in [6.45, 7) is 0.640. The number of rotatable bonds is 24. The summed E-state index contributed by atoms with van der Waals surface area (Å²) in [5.74, 6) is -3.56. The molecule has 0 radical (unpaired) electrons. The molecule has 7 amide bonds. The van der Waals surface area contributed by atoms with E-state index in [1.165, 1.54) is 0 Å². The number of amides is 7. The minimum atomic E-state index is -4.91. The van der Waals surface area contributed by atoms with Gasteiger partial charge in [-0.25, -0.2) is 4.79 Å². The van der Waals surface area contributed by atoms with Crippen LogP contribution in [0.1, 0.15) is 54.9 Å². The van der Waals surface area contributed by atoms with Gasteiger partial charge in [0.1, 0.15) is 42.8 Å². The van der Waals surface area contributed by atoms with Crippen molar-refractivity contribution in [3.05, 3.63) is 29.3 Å². The summed E-state index contributed by atoms with van der Waals surface area (Å²) in [4.78, 5) is 74.4. The normalized spacial score (nSPS) is 26.1. The molecule has 1 aromatic rings. The van der Waals surface area contributed by atoms with Crippen LogP contribution in [0.2, 0.25) is 0 Å². The van der Waals surface area contributed by atoms with Gasteiger partial charge in [-0.3, -0.25) is 24.0 Å². The maximum atomic E-state index is 13.9. The zero-order valence-electron chi connectivity index (χ0n) is 34.1. The van der Waals surface area contributed by atoms with E-state index >= 15 is 0 Å². The highest BCUT2D eigenvalue weighted by atomic mass is 32.2. The lowest BCUT2D eigenvalue weighted by Crippen LogP contribution is -2.68. The number of aliphatic hydroxyl groups is 3. The number of fused-ring (bicyclic) bond motifs is 1. The molecule has 350 valence electrons. The van der Waals surface area contributed by atoms with Crippen molar-refractivity contribution in [2.24, 2.45) is 16.0 Å². The average molecular weight is 920 g/mol. The summed E-state index contributed by atoms with van der Waals surface area (Å²) < 4.78 is 63.6. The second-order valence-electron chi connectivity index (χ2n) is 15.1. The van der Waals surface area contributed by atoms with E-state index in [1.54, 1.807) is 0 Å². The monoisotopic (exact) mass is 919 g/mol. The third kappa shape index (κ3) is 13.1. The van der Waals surface area contributed by atoms with Gasteiger partial charge in [-0.2, -0.15) is 24.9 Å². The largest absolute Gasteiger partial charge is 0.490 e. The fraction of sp³-hybridized carbons (Fsp3) is 0.676. The first kappa shape index (κ1) is 49.2. The lowest BCUT2D eigenvalue weighted by atomic mass is 9.95. The summed E-state index contributed by atoms with van der Waals surface area (Å²) in [7, 11) is 0. The Morgan fingerprint density at radius 3 is 2.40 bits per heavy atom. The fourth-order valence-electron chi connectivity index (χ4n) is 7.14. The van der Waals surface area contributed by atoms with Crippen molar-refractivity contribution in [1.29, 1.82) is 0 Å². The van der Waals surface area contributed by atoms with Crippen LogP contribution in [0.3, 0.4) is 0 Å². The zero-order valence-corrected chi connectivity index (χ0v) is 34.9. The molecule has 0 spiro atoms. The zero-order chi connectivity index (χ0) is 45.9. The molecular formula is C37H52F3N9O13S. The van der Waals surface area contributed by atoms with Crippen molar-refractivity contribution in [3.63, 3.8) is 0 Å². The molecule has 22 nitrogen and oxygen atoms in total. The van der Waals surface area contributed by atoms with Crippen LogP contribution in [0, 0.1) is 0 Å². The molecule has 0 aliphatic carbocycles. The summed E-state index contributed by atoms with van der Waals surface area (Å²) >= 11 is 1.82. The Bertz CT molecular complexity index is 1840. The maximum absolute atomic E-state index is 13.9. The van der Waals surface area contributed by atoms with Gasteiger partial charge in [0.15, 0.2) is 6.23 Å². The Balaban J connectivity index is 1.06. The SMILES string of the molecule is CC(=O)N[C@@H]1[C@@H](O)[C@H](O)[C@@H](CO)O[C@H]1NC(=O)C[C@H](NC(=O)c1ccc(C2(C(F)(F)F)N=N2)cc1OCCOCCOCCNC(=O)CCCC[C@@H]1SC[C@@H]2NC(=O)N[C@@H]21)C(N)=O. The van der Waals surface area contributed by atoms with Crippen molar-refractivity contribution >= 4 is 47.3 Å². The van der Waals surface area contributed by atoms with E-state index in [1.807, 2.05) is 11.8 Å². The van der Waals surface area contributed by atoms with Gasteiger partial charge in [-0.1, -0.05) is 12.5 Å². The minimum absolute atomic E-state index is 0.0800. The molecule has 1 aromatic carbocycles. The number of nitrogens with two attached hydrogens (primary N) is 1. The van der Waals surface area contributed by atoms with Crippen LogP contribution in [0.15, 0.2) is 28.4 Å². The number of hydrogen-bond acceptors (Lipinski definition) is 16. The molecule has 0 bridgehead atoms. The van der Waals surface area contributed by atoms with Gasteiger partial charge in [0, 0.05) is 36.5 Å². The van der Waals surface area contributed by atoms with E-state index in [2.05, 4.69) is 42.1 Å². The topological polar surface area (TPSA) is 323 Å². The third-order valence-corrected chi connectivity index (χ3v) is 12.0. The van der Waals surface area contributed by atoms with Crippen LogP contribution >= 0.6 is 11.8 Å². The molecule has 4 heterocycles. The number of alkyl halides is 3. The van der Waals surface area contributed by atoms with Gasteiger partial charge in [0.05, 0.1) is 57.1 Å². The summed E-state index contributed by atoms with van der Waals surface area (Å²) in [5, 5.41) is 52.4. The second-order valence-corrected chi connectivity index (χ2v) is 16.3. The smallest absolute Gasteiger partial charge is 0.442 e. The molecule has 63 heavy (non-hydrogen) atoms. The van der Waals surface area contributed by atoms with Crippen LogP contribution in [0.4, 0.5) is 18.0 Å². The number of urea groups is 1. The molecule has 3 fully saturated rings. The van der Waals surface area contributed by atoms with Crippen LogP contribution in [0.25, 0.3) is 0 Å². The van der Waals surface area contributed by atoms with Crippen LogP contribution in [-0.2, 0) is 39.1 Å². The van der Waals surface area contributed by atoms with Crippen molar-refractivity contribution in [2.45, 2.75) is 105 Å². The second kappa shape index (κ2) is 22.2. The number of nitrogens with one attached hydrogen (secondary N) is 6. The van der Waals surface area contributed by atoms with E-state index in [0.29, 0.717) is 18.1 Å². The predicted molar refractivity (Wildman–Crippen MR) is 212 cm³/mol. The molecular weight excluding hydrogens is 868 g/mol. The van der Waals surface area contributed by atoms with Gasteiger partial charge in [0.2, 0.25) is 23.6 Å². The summed E-state index contributed by atoms with van der Waals surface area (Å²) in [5.41, 5.74) is 1.76. The van der Waals surface area contributed by atoms with E-state index in [0.717, 1.165) is 43.7 Å². The van der Waals surface area contributed by atoms with Gasteiger partial charge in [0.25, 0.3) is 5.91 Å². The van der Waals surface area contributed by atoms with Crippen molar-refractivity contribution < 1.29 is 76.2 Å². The maximum Gasteiger partial charge on any atom is 0.442 e. The molecule has 0 unspecified atom stereocenters. The van der Waals surface area contributed by atoms with Crippen molar-refractivity contribution in [3.8, 4) is 5.75 Å². The van der Waals surface area contributed by atoms with E-state index < -0.39 is 90.7 Å². The van der Waals surface area contributed by atoms with Gasteiger partial charge >= 0.3 is 17.9 Å². The number of benzene rings is 1. The Morgan fingerprint density at radius 1 is 1.02 bits per heavy atom. The number of primary amides is 1. The van der Waals surface area contributed by atoms with Gasteiger partial charge in [-0.15, -0.1) is 10.2 Å². The summed E-state index contributed by atoms with van der Waals surface area (Å²) in [6, 6.07) is -0.138. The first-order chi connectivity index (χ1) is 29.9. The lowest BCUT2D eigenvalue weighted by Gasteiger charge is -2.42.